The summed E-state index contributed by atoms with van der Waals surface area (Å²) in [5.74, 6) is -1.05. The quantitative estimate of drug-likeness (QED) is 0.688. The van der Waals surface area contributed by atoms with Crippen LogP contribution in [0, 0.1) is 22.9 Å². The Kier molecular flexibility index (Phi) is 3.93. The van der Waals surface area contributed by atoms with Crippen LogP contribution in [0.2, 0.25) is 0 Å². The number of hydrogen-bond donors (Lipinski definition) is 1. The Bertz CT molecular complexity index is 682. The third-order valence-corrected chi connectivity index (χ3v) is 2.69. The van der Waals surface area contributed by atoms with E-state index in [-0.39, 0.29) is 23.0 Å². The number of nitro groups is 1. The molecule has 0 aliphatic rings. The monoisotopic (exact) mass is 293 g/mol. The van der Waals surface area contributed by atoms with Gasteiger partial charge < -0.3 is 14.6 Å². The number of nitrogens with zero attached hydrogens (tertiary/aromatic N) is 1. The van der Waals surface area contributed by atoms with Crippen LogP contribution in [0.25, 0.3) is 0 Å². The van der Waals surface area contributed by atoms with Gasteiger partial charge in [-0.3, -0.25) is 10.1 Å². The highest BCUT2D eigenvalue weighted by atomic mass is 19.1. The maximum Gasteiger partial charge on any atom is 0.314 e. The zero-order valence-corrected chi connectivity index (χ0v) is 11.3. The largest absolute Gasteiger partial charge is 0.508 e. The SMILES string of the molecule is COc1cc(Oc2cc(C)cc(O)c2)c([N+](=O)[O-])cc1F. The summed E-state index contributed by atoms with van der Waals surface area (Å²) in [6.07, 6.45) is 0. The van der Waals surface area contributed by atoms with Gasteiger partial charge in [0.25, 0.3) is 0 Å². The second-order valence-electron chi connectivity index (χ2n) is 4.32. The molecule has 0 fully saturated rings. The van der Waals surface area contributed by atoms with E-state index in [9.17, 15) is 19.6 Å². The Morgan fingerprint density at radius 2 is 1.90 bits per heavy atom. The van der Waals surface area contributed by atoms with Gasteiger partial charge in [0, 0.05) is 12.1 Å². The second kappa shape index (κ2) is 5.66. The zero-order chi connectivity index (χ0) is 15.6. The summed E-state index contributed by atoms with van der Waals surface area (Å²) in [7, 11) is 1.24. The highest BCUT2D eigenvalue weighted by Gasteiger charge is 2.21. The van der Waals surface area contributed by atoms with Crippen LogP contribution in [0.15, 0.2) is 30.3 Å². The lowest BCUT2D eigenvalue weighted by atomic mass is 10.2. The number of aromatic hydroxyl groups is 1. The zero-order valence-electron chi connectivity index (χ0n) is 11.3. The lowest BCUT2D eigenvalue weighted by Crippen LogP contribution is -1.97. The molecule has 0 saturated heterocycles. The van der Waals surface area contributed by atoms with Crippen LogP contribution in [0.3, 0.4) is 0 Å². The lowest BCUT2D eigenvalue weighted by molar-refractivity contribution is -0.385. The van der Waals surface area contributed by atoms with Crippen molar-refractivity contribution in [2.75, 3.05) is 7.11 Å². The van der Waals surface area contributed by atoms with Crippen LogP contribution in [-0.4, -0.2) is 17.1 Å². The van der Waals surface area contributed by atoms with E-state index in [0.717, 1.165) is 12.1 Å². The highest BCUT2D eigenvalue weighted by molar-refractivity contribution is 5.53. The van der Waals surface area contributed by atoms with Crippen LogP contribution in [-0.2, 0) is 0 Å². The van der Waals surface area contributed by atoms with E-state index in [1.165, 1.54) is 19.2 Å². The molecule has 0 amide bonds. The molecule has 7 heteroatoms. The molecule has 0 bridgehead atoms. The number of benzene rings is 2. The number of phenolic OH excluding ortho intramolecular Hbond substituents is 1. The summed E-state index contributed by atoms with van der Waals surface area (Å²) < 4.78 is 23.7. The van der Waals surface area contributed by atoms with Crippen LogP contribution in [0.1, 0.15) is 5.56 Å². The second-order valence-corrected chi connectivity index (χ2v) is 4.32. The predicted molar refractivity (Wildman–Crippen MR) is 72.5 cm³/mol. The van der Waals surface area contributed by atoms with Gasteiger partial charge in [0.2, 0.25) is 5.75 Å². The van der Waals surface area contributed by atoms with Crippen molar-refractivity contribution < 1.29 is 23.9 Å². The van der Waals surface area contributed by atoms with Gasteiger partial charge in [-0.15, -0.1) is 0 Å². The van der Waals surface area contributed by atoms with Crippen molar-refractivity contribution in [3.63, 3.8) is 0 Å². The minimum Gasteiger partial charge on any atom is -0.508 e. The van der Waals surface area contributed by atoms with E-state index in [2.05, 4.69) is 0 Å². The van der Waals surface area contributed by atoms with Gasteiger partial charge in [0.05, 0.1) is 18.1 Å². The fourth-order valence-electron chi connectivity index (χ4n) is 1.82. The van der Waals surface area contributed by atoms with Gasteiger partial charge in [0.1, 0.15) is 11.5 Å². The molecule has 0 atom stereocenters. The van der Waals surface area contributed by atoms with E-state index in [1.807, 2.05) is 0 Å². The molecule has 0 saturated carbocycles. The summed E-state index contributed by atoms with van der Waals surface area (Å²) in [6.45, 7) is 1.73. The average Bonchev–Trinajstić information content (AvgIpc) is 2.38. The normalized spacial score (nSPS) is 10.2. The Balaban J connectivity index is 2.48. The lowest BCUT2D eigenvalue weighted by Gasteiger charge is -2.10. The van der Waals surface area contributed by atoms with Crippen molar-refractivity contribution in [2.24, 2.45) is 0 Å². The average molecular weight is 293 g/mol. The number of hydrogen-bond acceptors (Lipinski definition) is 5. The topological polar surface area (TPSA) is 81.8 Å². The minimum absolute atomic E-state index is 0.0401. The van der Waals surface area contributed by atoms with Gasteiger partial charge in [-0.05, 0) is 24.6 Å². The molecule has 6 nitrogen and oxygen atoms in total. The highest BCUT2D eigenvalue weighted by Crippen LogP contribution is 2.37. The molecule has 2 rings (SSSR count). The number of phenols is 1. The molecule has 0 unspecified atom stereocenters. The maximum atomic E-state index is 13.5. The van der Waals surface area contributed by atoms with Gasteiger partial charge >= 0.3 is 5.69 Å². The smallest absolute Gasteiger partial charge is 0.314 e. The molecule has 0 aliphatic heterocycles. The molecule has 21 heavy (non-hydrogen) atoms. The molecular weight excluding hydrogens is 281 g/mol. The summed E-state index contributed by atoms with van der Waals surface area (Å²) in [6, 6.07) is 6.20. The molecule has 0 spiro atoms. The minimum atomic E-state index is -0.858. The van der Waals surface area contributed by atoms with Crippen molar-refractivity contribution in [3.05, 3.63) is 51.8 Å². The maximum absolute atomic E-state index is 13.5. The van der Waals surface area contributed by atoms with Crippen molar-refractivity contribution in [2.45, 2.75) is 6.92 Å². The standard InChI is InChI=1S/C14H12FNO5/c1-8-3-9(17)5-10(4-8)21-14-7-13(20-2)11(15)6-12(14)16(18)19/h3-7,17H,1-2H3. The van der Waals surface area contributed by atoms with E-state index in [4.69, 9.17) is 9.47 Å². The van der Waals surface area contributed by atoms with Crippen molar-refractivity contribution >= 4 is 5.69 Å². The Labute approximate surface area is 119 Å². The number of ether oxygens (including phenoxy) is 2. The first-order chi connectivity index (χ1) is 9.90. The fraction of sp³-hybridized carbons (Fsp3) is 0.143. The Morgan fingerprint density at radius 3 is 2.48 bits per heavy atom. The van der Waals surface area contributed by atoms with Crippen LogP contribution >= 0.6 is 0 Å². The number of methoxy groups -OCH3 is 1. The van der Waals surface area contributed by atoms with E-state index < -0.39 is 16.4 Å². The van der Waals surface area contributed by atoms with Gasteiger partial charge in [-0.25, -0.2) is 4.39 Å². The molecule has 0 aromatic heterocycles. The number of aryl methyl sites for hydroxylation is 1. The van der Waals surface area contributed by atoms with Crippen molar-refractivity contribution in [3.8, 4) is 23.0 Å². The van der Waals surface area contributed by atoms with Crippen molar-refractivity contribution in [1.29, 1.82) is 0 Å². The number of rotatable bonds is 4. The van der Waals surface area contributed by atoms with Gasteiger partial charge in [-0.2, -0.15) is 0 Å². The Hall–Kier alpha value is -2.83. The first-order valence-corrected chi connectivity index (χ1v) is 5.91. The van der Waals surface area contributed by atoms with Crippen LogP contribution in [0.5, 0.6) is 23.0 Å². The molecule has 0 heterocycles. The molecule has 1 N–H and O–H groups in total. The summed E-state index contributed by atoms with van der Waals surface area (Å²) in [5, 5.41) is 20.5. The fourth-order valence-corrected chi connectivity index (χ4v) is 1.82. The molecular formula is C14H12FNO5. The molecule has 0 aliphatic carbocycles. The summed E-state index contributed by atoms with van der Waals surface area (Å²) in [4.78, 5) is 10.2. The third kappa shape index (κ3) is 3.19. The molecule has 0 radical (unpaired) electrons. The summed E-state index contributed by atoms with van der Waals surface area (Å²) in [5.41, 5.74) is 0.177. The Morgan fingerprint density at radius 1 is 1.19 bits per heavy atom. The third-order valence-electron chi connectivity index (χ3n) is 2.69. The van der Waals surface area contributed by atoms with Crippen LogP contribution in [0.4, 0.5) is 10.1 Å². The number of halogens is 1. The summed E-state index contributed by atoms with van der Waals surface area (Å²) >= 11 is 0. The van der Waals surface area contributed by atoms with Crippen molar-refractivity contribution in [1.82, 2.24) is 0 Å². The molecule has 2 aromatic rings. The van der Waals surface area contributed by atoms with Gasteiger partial charge in [-0.1, -0.05) is 0 Å². The van der Waals surface area contributed by atoms with E-state index >= 15 is 0 Å². The first kappa shape index (κ1) is 14.6. The van der Waals surface area contributed by atoms with E-state index in [1.54, 1.807) is 13.0 Å². The van der Waals surface area contributed by atoms with Gasteiger partial charge in [0.15, 0.2) is 11.6 Å². The molecule has 110 valence electrons. The number of nitro benzene ring substituents is 1. The van der Waals surface area contributed by atoms with Crippen LogP contribution < -0.4 is 9.47 Å². The van der Waals surface area contributed by atoms with E-state index in [0.29, 0.717) is 5.56 Å². The first-order valence-electron chi connectivity index (χ1n) is 5.91. The predicted octanol–water partition coefficient (Wildman–Crippen LogP) is 3.55. The molecule has 2 aromatic carbocycles.